The van der Waals surface area contributed by atoms with Crippen LogP contribution in [-0.2, 0) is 27.5 Å². The number of aliphatic hydroxyl groups is 1. The Morgan fingerprint density at radius 3 is 1.79 bits per heavy atom. The standard InChI is InChI=1S/C24H21F6NO3/c1-31-19-3-2-13-21(31,14-12-19)34-20(32)22(33,15-4-8-17(9-5-15)23(25,26)27)16-6-10-18(11-7-16)24(28,29)30/h2,4-11,13,19,33H,3,12,14H2,1H3/t19-,21-/m1/s1. The van der Waals surface area contributed by atoms with Crippen molar-refractivity contribution in [3.8, 4) is 0 Å². The molecule has 2 atom stereocenters. The van der Waals surface area contributed by atoms with Gasteiger partial charge in [-0.05, 0) is 61.4 Å². The Balaban J connectivity index is 1.77. The van der Waals surface area contributed by atoms with Crippen molar-refractivity contribution in [2.24, 2.45) is 0 Å². The fourth-order valence-corrected chi connectivity index (χ4v) is 4.53. The zero-order valence-electron chi connectivity index (χ0n) is 18.0. The maximum Gasteiger partial charge on any atom is 0.416 e. The predicted molar refractivity (Wildman–Crippen MR) is 109 cm³/mol. The maximum absolute atomic E-state index is 13.4. The smallest absolute Gasteiger partial charge is 0.416 e. The van der Waals surface area contributed by atoms with E-state index in [9.17, 15) is 36.2 Å². The number of fused-ring (bicyclic) bond motifs is 2. The first-order valence-electron chi connectivity index (χ1n) is 10.5. The third-order valence-electron chi connectivity index (χ3n) is 6.59. The number of nitrogens with zero attached hydrogens (tertiary/aromatic N) is 1. The number of hydrogen-bond donors (Lipinski definition) is 1. The van der Waals surface area contributed by atoms with Gasteiger partial charge in [0.2, 0.25) is 5.60 Å². The van der Waals surface area contributed by atoms with Gasteiger partial charge in [-0.2, -0.15) is 26.3 Å². The van der Waals surface area contributed by atoms with E-state index in [-0.39, 0.29) is 17.2 Å². The molecule has 0 spiro atoms. The van der Waals surface area contributed by atoms with Gasteiger partial charge in [-0.1, -0.05) is 30.3 Å². The number of rotatable bonds is 4. The number of likely N-dealkylation sites (N-methyl/N-ethyl adjacent to an activating group) is 1. The molecule has 4 rings (SSSR count). The zero-order chi connectivity index (χ0) is 24.9. The number of ether oxygens (including phenoxy) is 1. The van der Waals surface area contributed by atoms with Crippen LogP contribution in [0.5, 0.6) is 0 Å². The Bertz CT molecular complexity index is 1030. The number of esters is 1. The van der Waals surface area contributed by atoms with Gasteiger partial charge in [0.15, 0.2) is 5.72 Å². The molecule has 10 heteroatoms. The number of carbonyl (C=O) groups excluding carboxylic acids is 1. The van der Waals surface area contributed by atoms with Gasteiger partial charge in [0.1, 0.15) is 0 Å². The summed E-state index contributed by atoms with van der Waals surface area (Å²) < 4.78 is 84.0. The van der Waals surface area contributed by atoms with E-state index in [0.717, 1.165) is 37.1 Å². The topological polar surface area (TPSA) is 49.8 Å². The molecule has 2 aliphatic rings. The van der Waals surface area contributed by atoms with Crippen LogP contribution in [0.2, 0.25) is 0 Å². The number of hydrogen-bond acceptors (Lipinski definition) is 4. The fourth-order valence-electron chi connectivity index (χ4n) is 4.53. The zero-order valence-corrected chi connectivity index (χ0v) is 18.0. The van der Waals surface area contributed by atoms with Crippen LogP contribution in [0.1, 0.15) is 41.5 Å². The summed E-state index contributed by atoms with van der Waals surface area (Å²) in [6, 6.07) is 6.52. The molecule has 2 aliphatic heterocycles. The van der Waals surface area contributed by atoms with E-state index in [4.69, 9.17) is 4.74 Å². The summed E-state index contributed by atoms with van der Waals surface area (Å²) in [5.41, 5.74) is -6.35. The van der Waals surface area contributed by atoms with Crippen LogP contribution in [0, 0.1) is 0 Å². The maximum atomic E-state index is 13.4. The lowest BCUT2D eigenvalue weighted by Crippen LogP contribution is -2.52. The average molecular weight is 485 g/mol. The molecule has 2 bridgehead atoms. The number of alkyl halides is 6. The number of halogens is 6. The lowest BCUT2D eigenvalue weighted by molar-refractivity contribution is -0.187. The third-order valence-corrected chi connectivity index (χ3v) is 6.59. The van der Waals surface area contributed by atoms with Crippen LogP contribution in [0.25, 0.3) is 0 Å². The van der Waals surface area contributed by atoms with Crippen molar-refractivity contribution >= 4 is 5.97 Å². The number of carbonyl (C=O) groups is 1. The van der Waals surface area contributed by atoms with E-state index in [2.05, 4.69) is 0 Å². The second-order valence-electron chi connectivity index (χ2n) is 8.54. The van der Waals surface area contributed by atoms with E-state index in [0.29, 0.717) is 30.7 Å². The van der Waals surface area contributed by atoms with Crippen molar-refractivity contribution in [3.63, 3.8) is 0 Å². The van der Waals surface area contributed by atoms with Gasteiger partial charge < -0.3 is 9.84 Å². The lowest BCUT2D eigenvalue weighted by Gasteiger charge is -2.40. The van der Waals surface area contributed by atoms with Crippen LogP contribution in [-0.4, -0.2) is 34.8 Å². The molecule has 0 radical (unpaired) electrons. The van der Waals surface area contributed by atoms with Gasteiger partial charge in [-0.15, -0.1) is 0 Å². The van der Waals surface area contributed by atoms with Gasteiger partial charge in [-0.3, -0.25) is 4.90 Å². The van der Waals surface area contributed by atoms with Crippen LogP contribution in [0.15, 0.2) is 60.7 Å². The molecule has 0 aliphatic carbocycles. The van der Waals surface area contributed by atoms with Gasteiger partial charge in [0.05, 0.1) is 11.1 Å². The largest absolute Gasteiger partial charge is 0.437 e. The van der Waals surface area contributed by atoms with Gasteiger partial charge in [-0.25, -0.2) is 4.79 Å². The summed E-state index contributed by atoms with van der Waals surface area (Å²) in [5, 5.41) is 11.6. The third kappa shape index (κ3) is 4.09. The quantitative estimate of drug-likeness (QED) is 0.365. The van der Waals surface area contributed by atoms with Crippen molar-refractivity contribution in [2.75, 3.05) is 7.05 Å². The summed E-state index contributed by atoms with van der Waals surface area (Å²) in [4.78, 5) is 15.3. The fraction of sp³-hybridized carbons (Fsp3) is 0.375. The average Bonchev–Trinajstić information content (AvgIpc) is 2.94. The molecule has 4 nitrogen and oxygen atoms in total. The molecule has 2 heterocycles. The second-order valence-corrected chi connectivity index (χ2v) is 8.54. The Labute approximate surface area is 191 Å². The van der Waals surface area contributed by atoms with E-state index in [1.807, 2.05) is 11.0 Å². The van der Waals surface area contributed by atoms with Crippen molar-refractivity contribution in [2.45, 2.75) is 49.0 Å². The van der Waals surface area contributed by atoms with Crippen molar-refractivity contribution in [1.29, 1.82) is 0 Å². The minimum absolute atomic E-state index is 0.114. The molecular formula is C24H21F6NO3. The highest BCUT2D eigenvalue weighted by Gasteiger charge is 2.52. The number of benzene rings is 2. The van der Waals surface area contributed by atoms with Crippen molar-refractivity contribution < 1.29 is 41.0 Å². The summed E-state index contributed by atoms with van der Waals surface area (Å²) in [6.07, 6.45) is -3.87. The van der Waals surface area contributed by atoms with E-state index in [1.54, 1.807) is 13.1 Å². The van der Waals surface area contributed by atoms with Crippen LogP contribution in [0.4, 0.5) is 26.3 Å². The van der Waals surface area contributed by atoms with Crippen molar-refractivity contribution in [3.05, 3.63) is 82.9 Å². The molecule has 182 valence electrons. The molecule has 0 unspecified atom stereocenters. The first kappa shape index (κ1) is 24.3. The first-order chi connectivity index (χ1) is 15.8. The highest BCUT2D eigenvalue weighted by Crippen LogP contribution is 2.43. The molecule has 0 aromatic heterocycles. The molecule has 34 heavy (non-hydrogen) atoms. The van der Waals surface area contributed by atoms with E-state index in [1.165, 1.54) is 0 Å². The second kappa shape index (κ2) is 8.13. The normalized spacial score (nSPS) is 23.2. The minimum Gasteiger partial charge on any atom is -0.437 e. The lowest BCUT2D eigenvalue weighted by atomic mass is 9.85. The van der Waals surface area contributed by atoms with Crippen LogP contribution < -0.4 is 0 Å². The van der Waals surface area contributed by atoms with Crippen LogP contribution >= 0.6 is 0 Å². The van der Waals surface area contributed by atoms with E-state index < -0.39 is 40.8 Å². The van der Waals surface area contributed by atoms with Gasteiger partial charge in [0, 0.05) is 12.5 Å². The molecule has 2 aromatic rings. The molecule has 2 aromatic carbocycles. The first-order valence-corrected chi connectivity index (χ1v) is 10.5. The summed E-state index contributed by atoms with van der Waals surface area (Å²) in [6.45, 7) is 0. The molecule has 1 N–H and O–H groups in total. The summed E-state index contributed by atoms with van der Waals surface area (Å²) in [7, 11) is 1.75. The summed E-state index contributed by atoms with van der Waals surface area (Å²) in [5.74, 6) is -1.20. The van der Waals surface area contributed by atoms with Gasteiger partial charge in [0.25, 0.3) is 0 Å². The highest BCUT2D eigenvalue weighted by molar-refractivity contribution is 5.86. The highest BCUT2D eigenvalue weighted by atomic mass is 19.4. The van der Waals surface area contributed by atoms with Crippen molar-refractivity contribution in [1.82, 2.24) is 4.90 Å². The molecular weight excluding hydrogens is 464 g/mol. The van der Waals surface area contributed by atoms with Gasteiger partial charge >= 0.3 is 18.3 Å². The predicted octanol–water partition coefficient (Wildman–Crippen LogP) is 5.25. The molecule has 0 saturated carbocycles. The van der Waals surface area contributed by atoms with Crippen LogP contribution in [0.3, 0.4) is 0 Å². The summed E-state index contributed by atoms with van der Waals surface area (Å²) >= 11 is 0. The van der Waals surface area contributed by atoms with E-state index >= 15 is 0 Å². The molecule has 1 saturated heterocycles. The minimum atomic E-state index is -4.65. The Morgan fingerprint density at radius 2 is 1.35 bits per heavy atom. The Morgan fingerprint density at radius 1 is 0.912 bits per heavy atom. The molecule has 1 fully saturated rings. The SMILES string of the molecule is CN1[C@@H]2CC=C[C@@]1(OC(=O)C(O)(c1ccc(C(F)(F)F)cc1)c1ccc(C(F)(F)F)cc1)CC2. The Kier molecular flexibility index (Phi) is 5.80. The Hall–Kier alpha value is -2.85. The molecule has 0 amide bonds. The monoisotopic (exact) mass is 485 g/mol.